The van der Waals surface area contributed by atoms with Crippen LogP contribution in [0.2, 0.25) is 0 Å². The van der Waals surface area contributed by atoms with Gasteiger partial charge in [-0.1, -0.05) is 36.4 Å². The highest BCUT2D eigenvalue weighted by Crippen LogP contribution is 2.30. The first-order valence-electron chi connectivity index (χ1n) is 6.45. The van der Waals surface area contributed by atoms with Crippen molar-refractivity contribution in [2.45, 2.75) is 0 Å². The van der Waals surface area contributed by atoms with Crippen molar-refractivity contribution in [1.82, 2.24) is 9.97 Å². The maximum absolute atomic E-state index is 10.9. The topological polar surface area (TPSA) is 63.1 Å². The Labute approximate surface area is 121 Å². The van der Waals surface area contributed by atoms with Crippen molar-refractivity contribution < 1.29 is 9.90 Å². The molecule has 0 bridgehead atoms. The van der Waals surface area contributed by atoms with E-state index >= 15 is 0 Å². The van der Waals surface area contributed by atoms with E-state index in [4.69, 9.17) is 5.11 Å². The zero-order chi connectivity index (χ0) is 14.7. The quantitative estimate of drug-likeness (QED) is 0.795. The van der Waals surface area contributed by atoms with Gasteiger partial charge in [0.05, 0.1) is 17.5 Å². The molecule has 0 atom stereocenters. The lowest BCUT2D eigenvalue weighted by atomic mass is 9.97. The van der Waals surface area contributed by atoms with E-state index in [9.17, 15) is 4.79 Å². The highest BCUT2D eigenvalue weighted by Gasteiger charge is 2.09. The average Bonchev–Trinajstić information content (AvgIpc) is 2.56. The number of rotatable bonds is 3. The van der Waals surface area contributed by atoms with E-state index in [2.05, 4.69) is 9.97 Å². The first-order valence-corrected chi connectivity index (χ1v) is 6.45. The molecule has 0 saturated heterocycles. The van der Waals surface area contributed by atoms with Crippen LogP contribution in [-0.2, 0) is 0 Å². The molecule has 3 rings (SSSR count). The number of hydrogen-bond acceptors (Lipinski definition) is 3. The summed E-state index contributed by atoms with van der Waals surface area (Å²) in [4.78, 5) is 19.3. The molecule has 0 radical (unpaired) electrons. The summed E-state index contributed by atoms with van der Waals surface area (Å²) in [7, 11) is 0. The number of aromatic carboxylic acids is 1. The third-order valence-electron chi connectivity index (χ3n) is 3.21. The van der Waals surface area contributed by atoms with Gasteiger partial charge in [-0.2, -0.15) is 0 Å². The fourth-order valence-electron chi connectivity index (χ4n) is 2.19. The standard InChI is InChI=1S/C17H12N2O2/c20-17(21)13-7-5-12(6-8-13)14-3-1-2-4-15(14)16-11-18-9-10-19-16/h1-11H,(H,20,21). The number of carboxylic acids is 1. The third kappa shape index (κ3) is 2.65. The average molecular weight is 276 g/mol. The fourth-order valence-corrected chi connectivity index (χ4v) is 2.19. The second-order valence-electron chi connectivity index (χ2n) is 4.52. The lowest BCUT2D eigenvalue weighted by Crippen LogP contribution is -1.95. The van der Waals surface area contributed by atoms with Gasteiger partial charge in [0.1, 0.15) is 0 Å². The minimum Gasteiger partial charge on any atom is -0.478 e. The molecule has 0 fully saturated rings. The van der Waals surface area contributed by atoms with E-state index in [0.717, 1.165) is 22.4 Å². The molecule has 3 aromatic rings. The second-order valence-corrected chi connectivity index (χ2v) is 4.52. The number of aromatic nitrogens is 2. The van der Waals surface area contributed by atoms with Crippen LogP contribution >= 0.6 is 0 Å². The molecule has 0 aliphatic heterocycles. The normalized spacial score (nSPS) is 10.3. The van der Waals surface area contributed by atoms with Gasteiger partial charge in [0.25, 0.3) is 0 Å². The summed E-state index contributed by atoms with van der Waals surface area (Å²) in [5, 5.41) is 8.96. The Kier molecular flexibility index (Phi) is 3.43. The molecule has 102 valence electrons. The molecule has 1 heterocycles. The zero-order valence-electron chi connectivity index (χ0n) is 11.1. The van der Waals surface area contributed by atoms with Crippen LogP contribution in [-0.4, -0.2) is 21.0 Å². The Hall–Kier alpha value is -3.01. The van der Waals surface area contributed by atoms with Gasteiger partial charge < -0.3 is 5.11 Å². The first-order chi connectivity index (χ1) is 10.3. The Morgan fingerprint density at radius 2 is 1.62 bits per heavy atom. The Balaban J connectivity index is 2.09. The molecule has 1 N–H and O–H groups in total. The van der Waals surface area contributed by atoms with Crippen LogP contribution in [0.25, 0.3) is 22.4 Å². The molecule has 0 amide bonds. The highest BCUT2D eigenvalue weighted by molar-refractivity contribution is 5.89. The van der Waals surface area contributed by atoms with Crippen LogP contribution in [0.5, 0.6) is 0 Å². The predicted molar refractivity (Wildman–Crippen MR) is 79.9 cm³/mol. The van der Waals surface area contributed by atoms with Crippen molar-refractivity contribution in [3.05, 3.63) is 72.7 Å². The maximum Gasteiger partial charge on any atom is 0.335 e. The molecule has 4 heteroatoms. The number of carbonyl (C=O) groups is 1. The summed E-state index contributed by atoms with van der Waals surface area (Å²) in [6, 6.07) is 14.7. The molecule has 1 aromatic heterocycles. The molecular weight excluding hydrogens is 264 g/mol. The molecule has 0 aliphatic carbocycles. The smallest absolute Gasteiger partial charge is 0.335 e. The monoisotopic (exact) mass is 276 g/mol. The molecule has 4 nitrogen and oxygen atoms in total. The number of nitrogens with zero attached hydrogens (tertiary/aromatic N) is 2. The van der Waals surface area contributed by atoms with E-state index in [0.29, 0.717) is 0 Å². The molecule has 2 aromatic carbocycles. The van der Waals surface area contributed by atoms with Crippen LogP contribution in [0.1, 0.15) is 10.4 Å². The van der Waals surface area contributed by atoms with Gasteiger partial charge in [-0.3, -0.25) is 9.97 Å². The van der Waals surface area contributed by atoms with E-state index < -0.39 is 5.97 Å². The van der Waals surface area contributed by atoms with Gasteiger partial charge in [0.2, 0.25) is 0 Å². The third-order valence-corrected chi connectivity index (χ3v) is 3.21. The molecule has 0 unspecified atom stereocenters. The van der Waals surface area contributed by atoms with E-state index in [1.54, 1.807) is 42.9 Å². The van der Waals surface area contributed by atoms with Crippen LogP contribution in [0.3, 0.4) is 0 Å². The minimum atomic E-state index is -0.927. The summed E-state index contributed by atoms with van der Waals surface area (Å²) in [6.07, 6.45) is 5.00. The van der Waals surface area contributed by atoms with E-state index in [1.807, 2.05) is 24.3 Å². The number of hydrogen-bond donors (Lipinski definition) is 1. The number of benzene rings is 2. The van der Waals surface area contributed by atoms with Crippen LogP contribution in [0.15, 0.2) is 67.1 Å². The van der Waals surface area contributed by atoms with Crippen molar-refractivity contribution in [1.29, 1.82) is 0 Å². The van der Waals surface area contributed by atoms with Crippen molar-refractivity contribution in [2.24, 2.45) is 0 Å². The maximum atomic E-state index is 10.9. The van der Waals surface area contributed by atoms with Gasteiger partial charge in [-0.05, 0) is 23.3 Å². The van der Waals surface area contributed by atoms with E-state index in [1.165, 1.54) is 0 Å². The van der Waals surface area contributed by atoms with Crippen LogP contribution in [0.4, 0.5) is 0 Å². The van der Waals surface area contributed by atoms with Crippen molar-refractivity contribution in [3.8, 4) is 22.4 Å². The Morgan fingerprint density at radius 1 is 0.905 bits per heavy atom. The molecule has 0 spiro atoms. The van der Waals surface area contributed by atoms with Gasteiger partial charge in [0.15, 0.2) is 0 Å². The lowest BCUT2D eigenvalue weighted by molar-refractivity contribution is 0.0697. The molecule has 21 heavy (non-hydrogen) atoms. The van der Waals surface area contributed by atoms with Gasteiger partial charge >= 0.3 is 5.97 Å². The van der Waals surface area contributed by atoms with Gasteiger partial charge in [0, 0.05) is 18.0 Å². The highest BCUT2D eigenvalue weighted by atomic mass is 16.4. The number of carboxylic acid groups (broad SMARTS) is 1. The summed E-state index contributed by atoms with van der Waals surface area (Å²) < 4.78 is 0. The minimum absolute atomic E-state index is 0.274. The summed E-state index contributed by atoms with van der Waals surface area (Å²) in [6.45, 7) is 0. The van der Waals surface area contributed by atoms with Crippen molar-refractivity contribution >= 4 is 5.97 Å². The Bertz CT molecular complexity index is 768. The predicted octanol–water partition coefficient (Wildman–Crippen LogP) is 3.51. The molecular formula is C17H12N2O2. The summed E-state index contributed by atoms with van der Waals surface area (Å²) in [5.41, 5.74) is 3.97. The largest absolute Gasteiger partial charge is 0.478 e. The Morgan fingerprint density at radius 3 is 2.24 bits per heavy atom. The van der Waals surface area contributed by atoms with Crippen LogP contribution < -0.4 is 0 Å². The molecule has 0 saturated carbocycles. The molecule has 0 aliphatic rings. The summed E-state index contributed by atoms with van der Waals surface area (Å²) >= 11 is 0. The fraction of sp³-hybridized carbons (Fsp3) is 0. The SMILES string of the molecule is O=C(O)c1ccc(-c2ccccc2-c2cnccn2)cc1. The van der Waals surface area contributed by atoms with Gasteiger partial charge in [-0.15, -0.1) is 0 Å². The van der Waals surface area contributed by atoms with Crippen LogP contribution in [0, 0.1) is 0 Å². The summed E-state index contributed by atoms with van der Waals surface area (Å²) in [5.74, 6) is -0.927. The second kappa shape index (κ2) is 5.54. The first kappa shape index (κ1) is 13.0. The lowest BCUT2D eigenvalue weighted by Gasteiger charge is -2.09. The van der Waals surface area contributed by atoms with Gasteiger partial charge in [-0.25, -0.2) is 4.79 Å². The van der Waals surface area contributed by atoms with Crippen molar-refractivity contribution in [2.75, 3.05) is 0 Å². The van der Waals surface area contributed by atoms with Crippen molar-refractivity contribution in [3.63, 3.8) is 0 Å². The van der Waals surface area contributed by atoms with E-state index in [-0.39, 0.29) is 5.56 Å². The zero-order valence-corrected chi connectivity index (χ0v) is 11.1.